The van der Waals surface area contributed by atoms with Crippen molar-refractivity contribution in [3.63, 3.8) is 0 Å². The second-order valence-corrected chi connectivity index (χ2v) is 4.15. The summed E-state index contributed by atoms with van der Waals surface area (Å²) < 4.78 is 28.3. The number of pyridine rings is 1. The molecule has 0 aliphatic heterocycles. The predicted octanol–water partition coefficient (Wildman–Crippen LogP) is 3.07. The van der Waals surface area contributed by atoms with E-state index >= 15 is 0 Å². The smallest absolute Gasteiger partial charge is 0.387 e. The van der Waals surface area contributed by atoms with Gasteiger partial charge in [-0.15, -0.1) is 0 Å². The number of alkyl halides is 2. The summed E-state index contributed by atoms with van der Waals surface area (Å²) in [6, 6.07) is 7.71. The summed E-state index contributed by atoms with van der Waals surface area (Å²) >= 11 is 0. The highest BCUT2D eigenvalue weighted by molar-refractivity contribution is 5.34. The van der Waals surface area contributed by atoms with Gasteiger partial charge in [0, 0.05) is 18.0 Å². The first kappa shape index (κ1) is 13.4. The van der Waals surface area contributed by atoms with Crippen LogP contribution in [-0.4, -0.2) is 16.7 Å². The lowest BCUT2D eigenvalue weighted by Crippen LogP contribution is -2.03. The molecule has 1 aromatic carbocycles. The molecule has 0 bridgehead atoms. The minimum atomic E-state index is -2.85. The lowest BCUT2D eigenvalue weighted by molar-refractivity contribution is -0.0498. The quantitative estimate of drug-likeness (QED) is 0.923. The molecule has 0 aliphatic rings. The fraction of sp³-hybridized carbons (Fsp3) is 0.214. The molecule has 2 rings (SSSR count). The molecule has 1 N–H and O–H groups in total. The second kappa shape index (κ2) is 5.75. The van der Waals surface area contributed by atoms with E-state index in [-0.39, 0.29) is 5.75 Å². The highest BCUT2D eigenvalue weighted by Crippen LogP contribution is 2.24. The van der Waals surface area contributed by atoms with E-state index < -0.39 is 12.7 Å². The molecule has 1 aromatic heterocycles. The number of aryl methyl sites for hydroxylation is 1. The van der Waals surface area contributed by atoms with Crippen molar-refractivity contribution < 1.29 is 18.6 Å². The summed E-state index contributed by atoms with van der Waals surface area (Å²) in [6.45, 7) is -0.972. The predicted molar refractivity (Wildman–Crippen MR) is 66.1 cm³/mol. The van der Waals surface area contributed by atoms with Crippen LogP contribution in [0.4, 0.5) is 8.78 Å². The molecule has 5 heteroatoms. The van der Waals surface area contributed by atoms with Gasteiger partial charge in [0.05, 0.1) is 0 Å². The molecule has 0 spiro atoms. The van der Waals surface area contributed by atoms with Crippen LogP contribution in [0.5, 0.6) is 5.75 Å². The van der Waals surface area contributed by atoms with Crippen molar-refractivity contribution in [3.8, 4) is 5.75 Å². The van der Waals surface area contributed by atoms with Gasteiger partial charge >= 0.3 is 6.61 Å². The molecule has 0 saturated carbocycles. The molecule has 1 atom stereocenters. The average Bonchev–Trinajstić information content (AvgIpc) is 2.38. The number of ether oxygens (including phenoxy) is 1. The molecule has 0 radical (unpaired) electrons. The Morgan fingerprint density at radius 1 is 1.11 bits per heavy atom. The number of hydrogen-bond donors (Lipinski definition) is 1. The van der Waals surface area contributed by atoms with Gasteiger partial charge < -0.3 is 9.84 Å². The van der Waals surface area contributed by atoms with Crippen LogP contribution in [0, 0.1) is 6.92 Å². The maximum atomic E-state index is 12.0. The SMILES string of the molecule is Cc1cncc(C(O)c2ccc(OC(F)F)cc2)c1. The zero-order chi connectivity index (χ0) is 13.8. The lowest BCUT2D eigenvalue weighted by Gasteiger charge is -2.12. The van der Waals surface area contributed by atoms with Crippen molar-refractivity contribution in [1.82, 2.24) is 4.98 Å². The van der Waals surface area contributed by atoms with E-state index in [0.717, 1.165) is 5.56 Å². The number of aliphatic hydroxyl groups is 1. The third kappa shape index (κ3) is 3.48. The number of aliphatic hydroxyl groups excluding tert-OH is 1. The van der Waals surface area contributed by atoms with E-state index in [9.17, 15) is 13.9 Å². The summed E-state index contributed by atoms with van der Waals surface area (Å²) in [5.41, 5.74) is 2.19. The Morgan fingerprint density at radius 2 is 1.79 bits per heavy atom. The Labute approximate surface area is 109 Å². The largest absolute Gasteiger partial charge is 0.435 e. The molecular weight excluding hydrogens is 252 g/mol. The molecule has 0 saturated heterocycles. The minimum Gasteiger partial charge on any atom is -0.435 e. The zero-order valence-corrected chi connectivity index (χ0v) is 10.3. The summed E-state index contributed by atoms with van der Waals surface area (Å²) in [7, 11) is 0. The fourth-order valence-corrected chi connectivity index (χ4v) is 1.75. The van der Waals surface area contributed by atoms with E-state index in [1.54, 1.807) is 24.5 Å². The van der Waals surface area contributed by atoms with Crippen LogP contribution < -0.4 is 4.74 Å². The number of benzene rings is 1. The normalized spacial score (nSPS) is 12.5. The van der Waals surface area contributed by atoms with Crippen molar-refractivity contribution >= 4 is 0 Å². The van der Waals surface area contributed by atoms with Gasteiger partial charge in [0.25, 0.3) is 0 Å². The summed E-state index contributed by atoms with van der Waals surface area (Å²) in [5, 5.41) is 10.2. The van der Waals surface area contributed by atoms with E-state index in [2.05, 4.69) is 9.72 Å². The Kier molecular flexibility index (Phi) is 4.06. The van der Waals surface area contributed by atoms with Gasteiger partial charge in [0.1, 0.15) is 11.9 Å². The Balaban J connectivity index is 2.17. The summed E-state index contributed by atoms with van der Waals surface area (Å²) in [4.78, 5) is 4.00. The van der Waals surface area contributed by atoms with Gasteiger partial charge in [-0.25, -0.2) is 0 Å². The van der Waals surface area contributed by atoms with E-state index in [1.807, 2.05) is 13.0 Å². The molecule has 1 unspecified atom stereocenters. The van der Waals surface area contributed by atoms with Crippen molar-refractivity contribution in [2.75, 3.05) is 0 Å². The van der Waals surface area contributed by atoms with E-state index in [4.69, 9.17) is 0 Å². The van der Waals surface area contributed by atoms with Crippen molar-refractivity contribution in [2.24, 2.45) is 0 Å². The zero-order valence-electron chi connectivity index (χ0n) is 10.3. The van der Waals surface area contributed by atoms with Gasteiger partial charge in [0.2, 0.25) is 0 Å². The van der Waals surface area contributed by atoms with Crippen LogP contribution in [0.1, 0.15) is 22.8 Å². The third-order valence-corrected chi connectivity index (χ3v) is 2.63. The van der Waals surface area contributed by atoms with E-state index in [0.29, 0.717) is 11.1 Å². The maximum absolute atomic E-state index is 12.0. The Morgan fingerprint density at radius 3 is 2.37 bits per heavy atom. The Bertz CT molecular complexity index is 543. The molecule has 0 fully saturated rings. The van der Waals surface area contributed by atoms with Gasteiger partial charge in [-0.05, 0) is 30.2 Å². The molecule has 19 heavy (non-hydrogen) atoms. The average molecular weight is 265 g/mol. The molecule has 2 aromatic rings. The van der Waals surface area contributed by atoms with Crippen LogP contribution in [0.15, 0.2) is 42.7 Å². The standard InChI is InChI=1S/C14H13F2NO2/c1-9-6-11(8-17-7-9)13(18)10-2-4-12(5-3-10)19-14(15)16/h2-8,13-14,18H,1H3. The first-order valence-electron chi connectivity index (χ1n) is 5.70. The van der Waals surface area contributed by atoms with Crippen LogP contribution in [0.3, 0.4) is 0 Å². The van der Waals surface area contributed by atoms with Crippen LogP contribution in [0.25, 0.3) is 0 Å². The molecule has 0 amide bonds. The number of aromatic nitrogens is 1. The minimum absolute atomic E-state index is 0.0633. The summed E-state index contributed by atoms with van der Waals surface area (Å²) in [5.74, 6) is 0.0633. The van der Waals surface area contributed by atoms with Gasteiger partial charge in [-0.3, -0.25) is 4.98 Å². The van der Waals surface area contributed by atoms with Gasteiger partial charge in [-0.1, -0.05) is 18.2 Å². The van der Waals surface area contributed by atoms with Crippen molar-refractivity contribution in [3.05, 3.63) is 59.4 Å². The molecule has 100 valence electrons. The molecule has 1 heterocycles. The van der Waals surface area contributed by atoms with Crippen LogP contribution in [0.2, 0.25) is 0 Å². The third-order valence-electron chi connectivity index (χ3n) is 2.63. The fourth-order valence-electron chi connectivity index (χ4n) is 1.75. The molecular formula is C14H13F2NO2. The monoisotopic (exact) mass is 265 g/mol. The number of rotatable bonds is 4. The number of nitrogens with zero attached hydrogens (tertiary/aromatic N) is 1. The topological polar surface area (TPSA) is 42.4 Å². The first-order chi connectivity index (χ1) is 9.06. The summed E-state index contributed by atoms with van der Waals surface area (Å²) in [6.07, 6.45) is 2.42. The van der Waals surface area contributed by atoms with Gasteiger partial charge in [0.15, 0.2) is 0 Å². The van der Waals surface area contributed by atoms with E-state index in [1.165, 1.54) is 12.1 Å². The highest BCUT2D eigenvalue weighted by Gasteiger charge is 2.11. The van der Waals surface area contributed by atoms with Crippen molar-refractivity contribution in [2.45, 2.75) is 19.6 Å². The lowest BCUT2D eigenvalue weighted by atomic mass is 10.0. The van der Waals surface area contributed by atoms with Gasteiger partial charge in [-0.2, -0.15) is 8.78 Å². The second-order valence-electron chi connectivity index (χ2n) is 4.15. The molecule has 3 nitrogen and oxygen atoms in total. The van der Waals surface area contributed by atoms with Crippen LogP contribution >= 0.6 is 0 Å². The highest BCUT2D eigenvalue weighted by atomic mass is 19.3. The molecule has 0 aliphatic carbocycles. The van der Waals surface area contributed by atoms with Crippen molar-refractivity contribution in [1.29, 1.82) is 0 Å². The first-order valence-corrected chi connectivity index (χ1v) is 5.70. The number of halogens is 2. The van der Waals surface area contributed by atoms with Crippen LogP contribution in [-0.2, 0) is 0 Å². The number of hydrogen-bond acceptors (Lipinski definition) is 3. The maximum Gasteiger partial charge on any atom is 0.387 e. The Hall–Kier alpha value is -2.01.